The number of halogens is 1. The predicted molar refractivity (Wildman–Crippen MR) is 200 cm³/mol. The summed E-state index contributed by atoms with van der Waals surface area (Å²) in [7, 11) is 6.38. The largest absolute Gasteiger partial charge is 0.480 e. The molecule has 3 unspecified atom stereocenters. The molecule has 1 aliphatic rings. The van der Waals surface area contributed by atoms with E-state index < -0.39 is 66.0 Å². The van der Waals surface area contributed by atoms with Crippen molar-refractivity contribution >= 4 is 29.6 Å². The number of nitrogens with zero attached hydrogens (tertiary/aromatic N) is 2. The van der Waals surface area contributed by atoms with Gasteiger partial charge in [-0.05, 0) is 55.3 Å². The summed E-state index contributed by atoms with van der Waals surface area (Å²) in [5, 5.41) is 18.4. The van der Waals surface area contributed by atoms with Gasteiger partial charge in [0.1, 0.15) is 17.9 Å². The molecule has 0 aromatic heterocycles. The third kappa shape index (κ3) is 12.2. The van der Waals surface area contributed by atoms with E-state index in [1.165, 1.54) is 38.5 Å². The van der Waals surface area contributed by atoms with E-state index in [2.05, 4.69) is 16.0 Å². The van der Waals surface area contributed by atoms with Crippen LogP contribution in [0.2, 0.25) is 0 Å². The monoisotopic (exact) mass is 749 g/mol. The topological polar surface area (TPSA) is 167 Å². The van der Waals surface area contributed by atoms with Gasteiger partial charge in [-0.3, -0.25) is 19.2 Å². The number of hydrogen-bond donors (Lipinski definition) is 4. The van der Waals surface area contributed by atoms with Gasteiger partial charge in [0.15, 0.2) is 0 Å². The van der Waals surface area contributed by atoms with Gasteiger partial charge in [-0.25, -0.2) is 9.18 Å². The SMILES string of the molecule is CC[C@H](C)C(C(CC(=O)N1CCC[C@H]1[C@H](OC)[C@@H](C)C(=O)NC(Cc1ccc(F)cc1)C(=O)O)OC)N(C)C(=O)[C@@H](NC(=O)[C@@H](NC)C(C)C)C(C)C. The molecule has 53 heavy (non-hydrogen) atoms. The van der Waals surface area contributed by atoms with E-state index in [0.29, 0.717) is 31.4 Å². The Morgan fingerprint density at radius 1 is 0.943 bits per heavy atom. The molecule has 4 amide bonds. The first-order valence-electron chi connectivity index (χ1n) is 18.8. The van der Waals surface area contributed by atoms with Crippen molar-refractivity contribution in [2.75, 3.05) is 34.9 Å². The van der Waals surface area contributed by atoms with Crippen molar-refractivity contribution < 1.29 is 42.9 Å². The van der Waals surface area contributed by atoms with Crippen LogP contribution in [0.3, 0.4) is 0 Å². The Kier molecular flexibility index (Phi) is 18.3. The van der Waals surface area contributed by atoms with Gasteiger partial charge in [0.2, 0.25) is 23.6 Å². The van der Waals surface area contributed by atoms with Crippen LogP contribution in [0.5, 0.6) is 0 Å². The number of nitrogens with one attached hydrogen (secondary N) is 3. The number of hydrogen-bond acceptors (Lipinski definition) is 8. The van der Waals surface area contributed by atoms with E-state index in [-0.39, 0.29) is 48.3 Å². The molecule has 0 aliphatic carbocycles. The Morgan fingerprint density at radius 3 is 2.04 bits per heavy atom. The van der Waals surface area contributed by atoms with Crippen LogP contribution in [-0.2, 0) is 39.9 Å². The molecule has 4 N–H and O–H groups in total. The lowest BCUT2D eigenvalue weighted by Gasteiger charge is -2.41. The van der Waals surface area contributed by atoms with E-state index in [9.17, 15) is 33.5 Å². The van der Waals surface area contributed by atoms with Crippen molar-refractivity contribution in [3.05, 3.63) is 35.6 Å². The molecule has 1 saturated heterocycles. The van der Waals surface area contributed by atoms with E-state index in [4.69, 9.17) is 9.47 Å². The number of likely N-dealkylation sites (tertiary alicyclic amines) is 1. The zero-order chi connectivity index (χ0) is 40.2. The molecule has 1 fully saturated rings. The van der Waals surface area contributed by atoms with Crippen molar-refractivity contribution in [2.45, 2.75) is 123 Å². The van der Waals surface area contributed by atoms with Gasteiger partial charge < -0.3 is 40.3 Å². The molecule has 13 nitrogen and oxygen atoms in total. The highest BCUT2D eigenvalue weighted by atomic mass is 19.1. The van der Waals surface area contributed by atoms with E-state index in [1.807, 2.05) is 41.5 Å². The fraction of sp³-hybridized carbons (Fsp3) is 0.718. The van der Waals surface area contributed by atoms with Crippen LogP contribution in [0.1, 0.15) is 79.7 Å². The molecule has 9 atom stereocenters. The van der Waals surface area contributed by atoms with E-state index >= 15 is 0 Å². The number of aliphatic carboxylic acids is 1. The molecule has 0 bridgehead atoms. The first kappa shape index (κ1) is 45.5. The molecule has 1 aromatic carbocycles. The third-order valence-electron chi connectivity index (χ3n) is 10.7. The van der Waals surface area contributed by atoms with Gasteiger partial charge in [-0.2, -0.15) is 0 Å². The molecule has 2 rings (SSSR count). The molecular formula is C39H64FN5O8. The lowest BCUT2D eigenvalue weighted by molar-refractivity contribution is -0.148. The average molecular weight is 750 g/mol. The maximum Gasteiger partial charge on any atom is 0.326 e. The summed E-state index contributed by atoms with van der Waals surface area (Å²) < 4.78 is 25.2. The molecule has 0 spiro atoms. The number of carboxylic acid groups (broad SMARTS) is 1. The van der Waals surface area contributed by atoms with Crippen LogP contribution in [0, 0.1) is 29.5 Å². The summed E-state index contributed by atoms with van der Waals surface area (Å²) in [5.74, 6) is -4.05. The van der Waals surface area contributed by atoms with Gasteiger partial charge in [-0.15, -0.1) is 0 Å². The van der Waals surface area contributed by atoms with E-state index in [0.717, 1.165) is 0 Å². The minimum atomic E-state index is -1.25. The predicted octanol–water partition coefficient (Wildman–Crippen LogP) is 3.24. The first-order valence-corrected chi connectivity index (χ1v) is 18.8. The second kappa shape index (κ2) is 21.3. The second-order valence-electron chi connectivity index (χ2n) is 15.1. The van der Waals surface area contributed by atoms with Crippen molar-refractivity contribution in [3.63, 3.8) is 0 Å². The normalized spacial score (nSPS) is 19.1. The molecule has 1 heterocycles. The molecule has 0 saturated carbocycles. The fourth-order valence-electron chi connectivity index (χ4n) is 7.41. The van der Waals surface area contributed by atoms with Gasteiger partial charge in [0.25, 0.3) is 0 Å². The Morgan fingerprint density at radius 2 is 1.55 bits per heavy atom. The molecule has 14 heteroatoms. The van der Waals surface area contributed by atoms with Crippen molar-refractivity contribution in [1.82, 2.24) is 25.8 Å². The number of likely N-dealkylation sites (N-methyl/N-ethyl adjacent to an activating group) is 2. The third-order valence-corrected chi connectivity index (χ3v) is 10.7. The molecule has 1 aromatic rings. The Bertz CT molecular complexity index is 1360. The number of benzene rings is 1. The number of amides is 4. The first-order chi connectivity index (χ1) is 24.9. The number of methoxy groups -OCH3 is 2. The summed E-state index contributed by atoms with van der Waals surface area (Å²) in [4.78, 5) is 70.2. The second-order valence-corrected chi connectivity index (χ2v) is 15.1. The lowest BCUT2D eigenvalue weighted by Crippen LogP contribution is -2.59. The zero-order valence-electron chi connectivity index (χ0n) is 33.5. The molecular weight excluding hydrogens is 685 g/mol. The van der Waals surface area contributed by atoms with Gasteiger partial charge >= 0.3 is 5.97 Å². The maximum absolute atomic E-state index is 14.1. The van der Waals surface area contributed by atoms with Gasteiger partial charge in [0, 0.05) is 34.2 Å². The van der Waals surface area contributed by atoms with E-state index in [1.54, 1.807) is 30.8 Å². The lowest BCUT2D eigenvalue weighted by atomic mass is 9.89. The van der Waals surface area contributed by atoms with Crippen LogP contribution in [0.25, 0.3) is 0 Å². The van der Waals surface area contributed by atoms with Gasteiger partial charge in [-0.1, -0.05) is 67.0 Å². The minimum Gasteiger partial charge on any atom is -0.480 e. The van der Waals surface area contributed by atoms with Crippen LogP contribution >= 0.6 is 0 Å². The van der Waals surface area contributed by atoms with Crippen LogP contribution in [0.4, 0.5) is 4.39 Å². The van der Waals surface area contributed by atoms with Crippen LogP contribution < -0.4 is 16.0 Å². The summed E-state index contributed by atoms with van der Waals surface area (Å²) in [5.41, 5.74) is 0.552. The number of carbonyl (C=O) groups excluding carboxylic acids is 4. The summed E-state index contributed by atoms with van der Waals surface area (Å²) in [6, 6.07) is 1.93. The standard InChI is InChI=1S/C39H64FN5O8/c1-12-24(6)34(44(9)38(49)33(23(4)5)43-37(48)32(41-8)22(2)3)30(52-10)21-31(46)45-19-13-14-29(45)35(53-11)25(7)36(47)42-28(39(50)51)20-26-15-17-27(40)18-16-26/h15-18,22-25,28-30,32-35,41H,12-14,19-21H2,1-11H3,(H,42,47)(H,43,48)(H,50,51)/t24-,25+,28?,29-,30?,32-,33-,34?,35+/m0/s1. The quantitative estimate of drug-likeness (QED) is 0.148. The molecule has 0 radical (unpaired) electrons. The molecule has 1 aliphatic heterocycles. The zero-order valence-corrected chi connectivity index (χ0v) is 33.5. The summed E-state index contributed by atoms with van der Waals surface area (Å²) in [6.07, 6.45) is 0.463. The number of carboxylic acids is 1. The maximum atomic E-state index is 14.1. The fourth-order valence-corrected chi connectivity index (χ4v) is 7.41. The Labute approximate surface area is 315 Å². The molecule has 300 valence electrons. The van der Waals surface area contributed by atoms with Crippen molar-refractivity contribution in [2.24, 2.45) is 23.7 Å². The highest BCUT2D eigenvalue weighted by Gasteiger charge is 2.43. The van der Waals surface area contributed by atoms with Crippen LogP contribution in [-0.4, -0.2) is 122 Å². The Balaban J connectivity index is 2.26. The van der Waals surface area contributed by atoms with Crippen molar-refractivity contribution in [1.29, 1.82) is 0 Å². The number of rotatable bonds is 21. The van der Waals surface area contributed by atoms with Gasteiger partial charge in [0.05, 0.1) is 42.7 Å². The van der Waals surface area contributed by atoms with Crippen LogP contribution in [0.15, 0.2) is 24.3 Å². The highest BCUT2D eigenvalue weighted by molar-refractivity contribution is 5.90. The Hall–Kier alpha value is -3.62. The number of carbonyl (C=O) groups is 5. The number of ether oxygens (including phenoxy) is 2. The average Bonchev–Trinajstić information content (AvgIpc) is 3.60. The van der Waals surface area contributed by atoms with Crippen molar-refractivity contribution in [3.8, 4) is 0 Å². The highest BCUT2D eigenvalue weighted by Crippen LogP contribution is 2.30. The smallest absolute Gasteiger partial charge is 0.326 e. The minimum absolute atomic E-state index is 0.0105. The summed E-state index contributed by atoms with van der Waals surface area (Å²) in [6.45, 7) is 13.7. The summed E-state index contributed by atoms with van der Waals surface area (Å²) >= 11 is 0.